The van der Waals surface area contributed by atoms with Gasteiger partial charge in [-0.25, -0.2) is 4.39 Å². The minimum absolute atomic E-state index is 0.0551. The fourth-order valence-electron chi connectivity index (χ4n) is 1.65. The minimum atomic E-state index is -0.959. The van der Waals surface area contributed by atoms with Crippen molar-refractivity contribution in [2.45, 2.75) is 6.92 Å². The number of amides is 2. The summed E-state index contributed by atoms with van der Waals surface area (Å²) in [6, 6.07) is 10.5. The van der Waals surface area contributed by atoms with Crippen molar-refractivity contribution >= 4 is 34.8 Å². The first-order chi connectivity index (χ1) is 9.97. The normalized spacial score (nSPS) is 10.0. The first-order valence-electron chi connectivity index (χ1n) is 6.10. The number of para-hydroxylation sites is 1. The van der Waals surface area contributed by atoms with E-state index in [1.165, 1.54) is 24.3 Å². The number of halogens is 2. The first-order valence-corrected chi connectivity index (χ1v) is 6.48. The second-order valence-corrected chi connectivity index (χ2v) is 4.78. The van der Waals surface area contributed by atoms with E-state index in [-0.39, 0.29) is 5.69 Å². The van der Waals surface area contributed by atoms with E-state index in [0.717, 1.165) is 5.56 Å². The summed E-state index contributed by atoms with van der Waals surface area (Å²) in [5.74, 6) is -2.47. The van der Waals surface area contributed by atoms with E-state index in [1.54, 1.807) is 25.1 Å². The number of carbonyl (C=O) groups excluding carboxylic acids is 2. The van der Waals surface area contributed by atoms with Gasteiger partial charge in [0.2, 0.25) is 0 Å². The summed E-state index contributed by atoms with van der Waals surface area (Å²) in [5.41, 5.74) is 1.13. The third-order valence-corrected chi connectivity index (χ3v) is 3.01. The number of hydrogen-bond donors (Lipinski definition) is 2. The quantitative estimate of drug-likeness (QED) is 0.836. The molecule has 0 aliphatic heterocycles. The first kappa shape index (κ1) is 15.0. The predicted octanol–water partition coefficient (Wildman–Crippen LogP) is 3.36. The van der Waals surface area contributed by atoms with Gasteiger partial charge in [0.25, 0.3) is 0 Å². The zero-order valence-corrected chi connectivity index (χ0v) is 11.9. The van der Waals surface area contributed by atoms with Gasteiger partial charge < -0.3 is 10.6 Å². The lowest BCUT2D eigenvalue weighted by Gasteiger charge is -2.09. The molecule has 2 amide bonds. The van der Waals surface area contributed by atoms with E-state index in [0.29, 0.717) is 10.7 Å². The minimum Gasteiger partial charge on any atom is -0.317 e. The van der Waals surface area contributed by atoms with Crippen molar-refractivity contribution in [2.24, 2.45) is 0 Å². The van der Waals surface area contributed by atoms with Crippen molar-refractivity contribution in [3.8, 4) is 0 Å². The number of benzene rings is 2. The van der Waals surface area contributed by atoms with Crippen molar-refractivity contribution in [3.63, 3.8) is 0 Å². The molecular weight excluding hydrogens is 295 g/mol. The Kier molecular flexibility index (Phi) is 4.55. The fraction of sp³-hybridized carbons (Fsp3) is 0.0667. The molecule has 0 aromatic heterocycles. The van der Waals surface area contributed by atoms with Crippen LogP contribution in [-0.4, -0.2) is 11.8 Å². The molecule has 108 valence electrons. The Morgan fingerprint density at radius 2 is 1.62 bits per heavy atom. The Morgan fingerprint density at radius 1 is 1.00 bits per heavy atom. The van der Waals surface area contributed by atoms with Crippen LogP contribution in [0.15, 0.2) is 42.5 Å². The maximum absolute atomic E-state index is 13.4. The van der Waals surface area contributed by atoms with E-state index in [4.69, 9.17) is 11.6 Å². The smallest absolute Gasteiger partial charge is 0.314 e. The van der Waals surface area contributed by atoms with Crippen LogP contribution in [0, 0.1) is 12.7 Å². The van der Waals surface area contributed by atoms with E-state index < -0.39 is 17.6 Å². The second-order valence-electron chi connectivity index (χ2n) is 4.35. The largest absolute Gasteiger partial charge is 0.317 e. The van der Waals surface area contributed by atoms with E-state index >= 15 is 0 Å². The highest BCUT2D eigenvalue weighted by molar-refractivity contribution is 6.43. The SMILES string of the molecule is Cc1ccc(Cl)cc1NC(=O)C(=O)Nc1ccccc1F. The van der Waals surface area contributed by atoms with Gasteiger partial charge in [0.1, 0.15) is 5.82 Å². The summed E-state index contributed by atoms with van der Waals surface area (Å²) in [7, 11) is 0. The molecule has 0 saturated heterocycles. The summed E-state index contributed by atoms with van der Waals surface area (Å²) in [4.78, 5) is 23.5. The Bertz CT molecular complexity index is 704. The molecule has 2 N–H and O–H groups in total. The summed E-state index contributed by atoms with van der Waals surface area (Å²) in [6.45, 7) is 1.76. The van der Waals surface area contributed by atoms with Gasteiger partial charge in [0.15, 0.2) is 0 Å². The van der Waals surface area contributed by atoms with Crippen LogP contribution >= 0.6 is 11.6 Å². The Balaban J connectivity index is 2.08. The third-order valence-electron chi connectivity index (χ3n) is 2.78. The van der Waals surface area contributed by atoms with Crippen LogP contribution in [0.5, 0.6) is 0 Å². The topological polar surface area (TPSA) is 58.2 Å². The van der Waals surface area contributed by atoms with Gasteiger partial charge in [-0.05, 0) is 36.8 Å². The summed E-state index contributed by atoms with van der Waals surface area (Å²) in [5, 5.41) is 5.07. The fourth-order valence-corrected chi connectivity index (χ4v) is 1.82. The van der Waals surface area contributed by atoms with Crippen molar-refractivity contribution in [1.29, 1.82) is 0 Å². The number of aryl methyl sites for hydroxylation is 1. The van der Waals surface area contributed by atoms with Crippen LogP contribution < -0.4 is 10.6 Å². The summed E-state index contributed by atoms with van der Waals surface area (Å²) >= 11 is 5.83. The molecule has 0 spiro atoms. The molecule has 0 atom stereocenters. The number of nitrogens with one attached hydrogen (secondary N) is 2. The molecule has 0 aliphatic rings. The van der Waals surface area contributed by atoms with Gasteiger partial charge in [0, 0.05) is 10.7 Å². The zero-order valence-electron chi connectivity index (χ0n) is 11.1. The lowest BCUT2D eigenvalue weighted by Crippen LogP contribution is -2.29. The van der Waals surface area contributed by atoms with Crippen molar-refractivity contribution < 1.29 is 14.0 Å². The molecule has 4 nitrogen and oxygen atoms in total. The van der Waals surface area contributed by atoms with Crippen LogP contribution in [0.4, 0.5) is 15.8 Å². The molecule has 0 unspecified atom stereocenters. The maximum atomic E-state index is 13.4. The zero-order chi connectivity index (χ0) is 15.4. The molecule has 0 radical (unpaired) electrons. The van der Waals surface area contributed by atoms with Gasteiger partial charge >= 0.3 is 11.8 Å². The van der Waals surface area contributed by atoms with Crippen molar-refractivity contribution in [3.05, 3.63) is 58.9 Å². The lowest BCUT2D eigenvalue weighted by molar-refractivity contribution is -0.133. The standard InChI is InChI=1S/C15H12ClFN2O2/c1-9-6-7-10(16)8-13(9)19-15(21)14(20)18-12-5-3-2-4-11(12)17/h2-8H,1H3,(H,18,20)(H,19,21). The summed E-state index contributed by atoms with van der Waals surface area (Å²) in [6.07, 6.45) is 0. The molecule has 0 heterocycles. The number of anilines is 2. The van der Waals surface area contributed by atoms with E-state index in [1.807, 2.05) is 0 Å². The molecule has 0 bridgehead atoms. The molecule has 0 aliphatic carbocycles. The highest BCUT2D eigenvalue weighted by Crippen LogP contribution is 2.20. The van der Waals surface area contributed by atoms with Crippen molar-refractivity contribution in [2.75, 3.05) is 10.6 Å². The number of hydrogen-bond acceptors (Lipinski definition) is 2. The molecule has 2 rings (SSSR count). The van der Waals surface area contributed by atoms with Crippen LogP contribution in [-0.2, 0) is 9.59 Å². The molecule has 2 aromatic rings. The highest BCUT2D eigenvalue weighted by Gasteiger charge is 2.16. The lowest BCUT2D eigenvalue weighted by atomic mass is 10.2. The van der Waals surface area contributed by atoms with Gasteiger partial charge in [0.05, 0.1) is 5.69 Å². The van der Waals surface area contributed by atoms with Crippen LogP contribution in [0.1, 0.15) is 5.56 Å². The van der Waals surface area contributed by atoms with Gasteiger partial charge in [-0.1, -0.05) is 29.8 Å². The average Bonchev–Trinajstić information content (AvgIpc) is 2.45. The monoisotopic (exact) mass is 306 g/mol. The number of rotatable bonds is 2. The van der Waals surface area contributed by atoms with Crippen LogP contribution in [0.25, 0.3) is 0 Å². The molecular formula is C15H12ClFN2O2. The van der Waals surface area contributed by atoms with E-state index in [2.05, 4.69) is 10.6 Å². The molecule has 21 heavy (non-hydrogen) atoms. The van der Waals surface area contributed by atoms with E-state index in [9.17, 15) is 14.0 Å². The predicted molar refractivity (Wildman–Crippen MR) is 79.8 cm³/mol. The highest BCUT2D eigenvalue weighted by atomic mass is 35.5. The average molecular weight is 307 g/mol. The Hall–Kier alpha value is -2.40. The van der Waals surface area contributed by atoms with Crippen molar-refractivity contribution in [1.82, 2.24) is 0 Å². The molecule has 0 fully saturated rings. The van der Waals surface area contributed by atoms with Gasteiger partial charge in [-0.2, -0.15) is 0 Å². The molecule has 0 saturated carbocycles. The Morgan fingerprint density at radius 3 is 2.29 bits per heavy atom. The summed E-state index contributed by atoms with van der Waals surface area (Å²) < 4.78 is 13.4. The van der Waals surface area contributed by atoms with Crippen LogP contribution in [0.3, 0.4) is 0 Å². The van der Waals surface area contributed by atoms with Gasteiger partial charge in [-0.3, -0.25) is 9.59 Å². The molecule has 2 aromatic carbocycles. The third kappa shape index (κ3) is 3.79. The maximum Gasteiger partial charge on any atom is 0.314 e. The number of carbonyl (C=O) groups is 2. The molecule has 6 heteroatoms. The van der Waals surface area contributed by atoms with Gasteiger partial charge in [-0.15, -0.1) is 0 Å². The van der Waals surface area contributed by atoms with Crippen LogP contribution in [0.2, 0.25) is 5.02 Å². The second kappa shape index (κ2) is 6.37. The Labute approximate surface area is 125 Å².